The Morgan fingerprint density at radius 3 is 2.67 bits per heavy atom. The Hall–Kier alpha value is -2.96. The van der Waals surface area contributed by atoms with Crippen LogP contribution in [0.4, 0.5) is 10.1 Å². The number of carboxylic acid groups (broad SMARTS) is 1. The van der Waals surface area contributed by atoms with Crippen LogP contribution in [-0.2, 0) is 0 Å². The number of benzene rings is 1. The fraction of sp³-hybridized carbons (Fsp3) is 0.0714. The Balaban J connectivity index is 2.26. The van der Waals surface area contributed by atoms with Gasteiger partial charge in [-0.1, -0.05) is 0 Å². The molecule has 0 saturated heterocycles. The van der Waals surface area contributed by atoms with E-state index in [4.69, 9.17) is 9.84 Å². The van der Waals surface area contributed by atoms with E-state index in [-0.39, 0.29) is 22.6 Å². The van der Waals surface area contributed by atoms with E-state index in [9.17, 15) is 14.0 Å². The topological polar surface area (TPSA) is 88.5 Å². The zero-order chi connectivity index (χ0) is 15.4. The highest BCUT2D eigenvalue weighted by atomic mass is 19.1. The molecule has 2 N–H and O–H groups in total. The molecule has 6 nitrogen and oxygen atoms in total. The van der Waals surface area contributed by atoms with E-state index in [1.165, 1.54) is 37.6 Å². The van der Waals surface area contributed by atoms with E-state index in [0.29, 0.717) is 0 Å². The van der Waals surface area contributed by atoms with Gasteiger partial charge < -0.3 is 15.2 Å². The summed E-state index contributed by atoms with van der Waals surface area (Å²) in [6, 6.07) is 5.27. The van der Waals surface area contributed by atoms with Crippen LogP contribution in [0.2, 0.25) is 0 Å². The molecule has 0 unspecified atom stereocenters. The molecule has 0 bridgehead atoms. The molecule has 0 aliphatic carbocycles. The van der Waals surface area contributed by atoms with Crippen molar-refractivity contribution in [1.29, 1.82) is 0 Å². The van der Waals surface area contributed by atoms with Crippen molar-refractivity contribution in [1.82, 2.24) is 4.98 Å². The number of nitrogens with zero attached hydrogens (tertiary/aromatic N) is 1. The number of carbonyl (C=O) groups is 2. The van der Waals surface area contributed by atoms with E-state index in [1.54, 1.807) is 0 Å². The maximum Gasteiger partial charge on any atom is 0.339 e. The largest absolute Gasteiger partial charge is 0.496 e. The summed E-state index contributed by atoms with van der Waals surface area (Å²) in [5.74, 6) is -2.47. The first-order chi connectivity index (χ1) is 10.0. The van der Waals surface area contributed by atoms with Crippen molar-refractivity contribution >= 4 is 17.6 Å². The Labute approximate surface area is 119 Å². The summed E-state index contributed by atoms with van der Waals surface area (Å²) in [6.45, 7) is 0. The predicted molar refractivity (Wildman–Crippen MR) is 72.1 cm³/mol. The van der Waals surface area contributed by atoms with Gasteiger partial charge in [0.1, 0.15) is 11.3 Å². The Morgan fingerprint density at radius 1 is 1.29 bits per heavy atom. The number of anilines is 1. The molecule has 108 valence electrons. The Morgan fingerprint density at radius 2 is 2.05 bits per heavy atom. The minimum Gasteiger partial charge on any atom is -0.496 e. The minimum absolute atomic E-state index is 0.0365. The first-order valence-corrected chi connectivity index (χ1v) is 5.85. The number of carboxylic acids is 1. The molecule has 21 heavy (non-hydrogen) atoms. The molecule has 1 heterocycles. The molecule has 2 aromatic rings. The zero-order valence-corrected chi connectivity index (χ0v) is 11.0. The third kappa shape index (κ3) is 3.14. The van der Waals surface area contributed by atoms with Gasteiger partial charge >= 0.3 is 5.97 Å². The molecule has 0 saturated carbocycles. The number of pyridine rings is 1. The predicted octanol–water partition coefficient (Wildman–Crippen LogP) is 2.18. The molecular formula is C14H11FN2O4. The Bertz CT molecular complexity index is 703. The molecule has 1 aromatic heterocycles. The molecule has 1 amide bonds. The number of aromatic carboxylic acids is 1. The summed E-state index contributed by atoms with van der Waals surface area (Å²) in [4.78, 5) is 26.4. The molecular weight excluding hydrogens is 279 g/mol. The third-order valence-corrected chi connectivity index (χ3v) is 2.71. The number of hydrogen-bond acceptors (Lipinski definition) is 4. The molecule has 0 atom stereocenters. The van der Waals surface area contributed by atoms with Gasteiger partial charge in [0, 0.05) is 18.0 Å². The van der Waals surface area contributed by atoms with Gasteiger partial charge in [0.05, 0.1) is 18.9 Å². The van der Waals surface area contributed by atoms with Crippen molar-refractivity contribution in [2.24, 2.45) is 0 Å². The highest BCUT2D eigenvalue weighted by Gasteiger charge is 2.14. The fourth-order valence-electron chi connectivity index (χ4n) is 1.70. The summed E-state index contributed by atoms with van der Waals surface area (Å²) in [5.41, 5.74) is 0.0925. The van der Waals surface area contributed by atoms with Gasteiger partial charge in [0.2, 0.25) is 0 Å². The van der Waals surface area contributed by atoms with Crippen LogP contribution in [0.3, 0.4) is 0 Å². The maximum absolute atomic E-state index is 13.4. The quantitative estimate of drug-likeness (QED) is 0.901. The Kier molecular flexibility index (Phi) is 4.13. The van der Waals surface area contributed by atoms with Gasteiger partial charge in [-0.2, -0.15) is 0 Å². The van der Waals surface area contributed by atoms with E-state index in [2.05, 4.69) is 10.3 Å². The van der Waals surface area contributed by atoms with Crippen molar-refractivity contribution < 1.29 is 23.8 Å². The highest BCUT2D eigenvalue weighted by molar-refractivity contribution is 6.04. The monoisotopic (exact) mass is 290 g/mol. The number of halogens is 1. The zero-order valence-electron chi connectivity index (χ0n) is 11.0. The van der Waals surface area contributed by atoms with Crippen molar-refractivity contribution in [3.05, 3.63) is 53.6 Å². The molecule has 0 radical (unpaired) electrons. The fourth-order valence-corrected chi connectivity index (χ4v) is 1.70. The van der Waals surface area contributed by atoms with Crippen LogP contribution in [-0.4, -0.2) is 29.1 Å². The molecule has 0 aliphatic rings. The van der Waals surface area contributed by atoms with E-state index < -0.39 is 17.7 Å². The van der Waals surface area contributed by atoms with Crippen LogP contribution < -0.4 is 10.1 Å². The molecule has 2 rings (SSSR count). The normalized spacial score (nSPS) is 10.0. The SMILES string of the molecule is COc1cc(NC(=O)c2ccncc2F)ccc1C(=O)O. The van der Waals surface area contributed by atoms with Gasteiger partial charge in [0.25, 0.3) is 5.91 Å². The molecule has 0 aliphatic heterocycles. The number of amides is 1. The second-order valence-electron chi connectivity index (χ2n) is 4.03. The number of hydrogen-bond donors (Lipinski definition) is 2. The standard InChI is InChI=1S/C14H11FN2O4/c1-21-12-6-8(2-3-10(12)14(19)20)17-13(18)9-4-5-16-7-11(9)15/h2-7H,1H3,(H,17,18)(H,19,20). The molecule has 7 heteroatoms. The summed E-state index contributed by atoms with van der Waals surface area (Å²) in [7, 11) is 1.32. The second-order valence-corrected chi connectivity index (χ2v) is 4.03. The van der Waals surface area contributed by atoms with E-state index >= 15 is 0 Å². The van der Waals surface area contributed by atoms with Crippen LogP contribution in [0, 0.1) is 5.82 Å². The lowest BCUT2D eigenvalue weighted by Crippen LogP contribution is -2.14. The highest BCUT2D eigenvalue weighted by Crippen LogP contribution is 2.23. The number of methoxy groups -OCH3 is 1. The van der Waals surface area contributed by atoms with Crippen molar-refractivity contribution in [3.8, 4) is 5.75 Å². The average Bonchev–Trinajstić information content (AvgIpc) is 2.47. The number of aromatic nitrogens is 1. The van der Waals surface area contributed by atoms with Crippen LogP contribution in [0.25, 0.3) is 0 Å². The van der Waals surface area contributed by atoms with Crippen molar-refractivity contribution in [3.63, 3.8) is 0 Å². The summed E-state index contributed by atoms with van der Waals surface area (Å²) < 4.78 is 18.4. The van der Waals surface area contributed by atoms with Crippen molar-refractivity contribution in [2.45, 2.75) is 0 Å². The number of ether oxygens (including phenoxy) is 1. The van der Waals surface area contributed by atoms with Gasteiger partial charge in [-0.05, 0) is 18.2 Å². The lowest BCUT2D eigenvalue weighted by molar-refractivity contribution is 0.0693. The maximum atomic E-state index is 13.4. The number of carbonyl (C=O) groups excluding carboxylic acids is 1. The first kappa shape index (κ1) is 14.4. The van der Waals surface area contributed by atoms with Gasteiger partial charge in [-0.25, -0.2) is 9.18 Å². The second kappa shape index (κ2) is 6.00. The summed E-state index contributed by atoms with van der Waals surface area (Å²) in [6.07, 6.45) is 2.23. The van der Waals surface area contributed by atoms with Crippen LogP contribution in [0.5, 0.6) is 5.75 Å². The van der Waals surface area contributed by atoms with Gasteiger partial charge in [0.15, 0.2) is 5.82 Å². The first-order valence-electron chi connectivity index (χ1n) is 5.85. The van der Waals surface area contributed by atoms with Crippen molar-refractivity contribution in [2.75, 3.05) is 12.4 Å². The van der Waals surface area contributed by atoms with Crippen LogP contribution >= 0.6 is 0 Å². The summed E-state index contributed by atoms with van der Waals surface area (Å²) >= 11 is 0. The molecule has 0 fully saturated rings. The van der Waals surface area contributed by atoms with Crippen LogP contribution in [0.15, 0.2) is 36.7 Å². The van der Waals surface area contributed by atoms with Gasteiger partial charge in [-0.15, -0.1) is 0 Å². The minimum atomic E-state index is -1.15. The molecule has 0 spiro atoms. The van der Waals surface area contributed by atoms with Gasteiger partial charge in [-0.3, -0.25) is 9.78 Å². The average molecular weight is 290 g/mol. The number of rotatable bonds is 4. The summed E-state index contributed by atoms with van der Waals surface area (Å²) in [5, 5.41) is 11.4. The number of nitrogens with one attached hydrogen (secondary N) is 1. The lowest BCUT2D eigenvalue weighted by Gasteiger charge is -2.09. The smallest absolute Gasteiger partial charge is 0.339 e. The van der Waals surface area contributed by atoms with E-state index in [0.717, 1.165) is 6.20 Å². The molecule has 1 aromatic carbocycles. The lowest BCUT2D eigenvalue weighted by atomic mass is 10.1. The van der Waals surface area contributed by atoms with E-state index in [1.807, 2.05) is 0 Å². The third-order valence-electron chi connectivity index (χ3n) is 2.71. The van der Waals surface area contributed by atoms with Crippen LogP contribution in [0.1, 0.15) is 20.7 Å².